The third-order valence-electron chi connectivity index (χ3n) is 4.78. The Hall–Kier alpha value is -1.98. The van der Waals surface area contributed by atoms with E-state index in [1.807, 2.05) is 30.4 Å². The Morgan fingerprint density at radius 1 is 1.07 bits per heavy atom. The number of allylic oxidation sites excluding steroid dienone is 2. The fraction of sp³-hybridized carbons (Fsp3) is 0.583. The zero-order chi connectivity index (χ0) is 21.3. The molecular weight excluding hydrogens is 366 g/mol. The fourth-order valence-electron chi connectivity index (χ4n) is 3.01. The maximum atomic E-state index is 11.1. The fourth-order valence-corrected chi connectivity index (χ4v) is 3.01. The van der Waals surface area contributed by atoms with Gasteiger partial charge in [0.1, 0.15) is 0 Å². The molecule has 0 saturated heterocycles. The number of hydrogen-bond acceptors (Lipinski definition) is 5. The number of aliphatic hydroxyl groups excluding tert-OH is 2. The molecule has 1 rings (SSSR count). The lowest BCUT2D eigenvalue weighted by Gasteiger charge is -2.10. The second-order valence-electron chi connectivity index (χ2n) is 7.34. The van der Waals surface area contributed by atoms with E-state index in [2.05, 4.69) is 16.6 Å². The number of aromatic nitrogens is 1. The predicted octanol–water partition coefficient (Wildman–Crippen LogP) is 5.14. The standard InChI is InChI=1S/C24H37NO4/c1-3-4-5-6-7-8-15-21(26)16-10-9-13-20-14-11-17-22(25-20)23(27)18-12-19-24(28)29-2/h9-11,13-14,16-17,21,23,26-27H,3-8,12,15,18-19H2,1-2H3/b13-9+,16-10+. The molecule has 2 unspecified atom stereocenters. The first-order valence-electron chi connectivity index (χ1n) is 10.8. The van der Waals surface area contributed by atoms with Gasteiger partial charge in [0.25, 0.3) is 0 Å². The predicted molar refractivity (Wildman–Crippen MR) is 117 cm³/mol. The summed E-state index contributed by atoms with van der Waals surface area (Å²) in [6.45, 7) is 2.21. The highest BCUT2D eigenvalue weighted by Crippen LogP contribution is 2.18. The molecule has 1 aromatic rings. The van der Waals surface area contributed by atoms with Gasteiger partial charge in [-0.05, 0) is 37.5 Å². The zero-order valence-electron chi connectivity index (χ0n) is 17.9. The molecule has 2 N–H and O–H groups in total. The van der Waals surface area contributed by atoms with Crippen molar-refractivity contribution in [1.29, 1.82) is 0 Å². The molecule has 1 heterocycles. The number of nitrogens with zero attached hydrogens (tertiary/aromatic N) is 1. The van der Waals surface area contributed by atoms with Gasteiger partial charge >= 0.3 is 5.97 Å². The molecule has 0 aliphatic rings. The molecule has 0 spiro atoms. The first kappa shape index (κ1) is 25.1. The lowest BCUT2D eigenvalue weighted by Crippen LogP contribution is -2.04. The average Bonchev–Trinajstić information content (AvgIpc) is 2.73. The highest BCUT2D eigenvalue weighted by Gasteiger charge is 2.10. The summed E-state index contributed by atoms with van der Waals surface area (Å²) in [5.74, 6) is -0.271. The molecule has 0 amide bonds. The normalized spacial score (nSPS) is 13.8. The number of carbonyl (C=O) groups is 1. The summed E-state index contributed by atoms with van der Waals surface area (Å²) in [5, 5.41) is 20.2. The third-order valence-corrected chi connectivity index (χ3v) is 4.78. The molecule has 5 heteroatoms. The minimum Gasteiger partial charge on any atom is -0.469 e. The van der Waals surface area contributed by atoms with Crippen LogP contribution >= 0.6 is 0 Å². The van der Waals surface area contributed by atoms with Gasteiger partial charge in [-0.3, -0.25) is 9.78 Å². The molecule has 162 valence electrons. The highest BCUT2D eigenvalue weighted by molar-refractivity contribution is 5.69. The van der Waals surface area contributed by atoms with Crippen LogP contribution < -0.4 is 0 Å². The van der Waals surface area contributed by atoms with Crippen LogP contribution in [-0.4, -0.2) is 34.4 Å². The average molecular weight is 404 g/mol. The van der Waals surface area contributed by atoms with E-state index in [4.69, 9.17) is 0 Å². The molecule has 1 aromatic heterocycles. The lowest BCUT2D eigenvalue weighted by molar-refractivity contribution is -0.140. The summed E-state index contributed by atoms with van der Waals surface area (Å²) >= 11 is 0. The van der Waals surface area contributed by atoms with Crippen molar-refractivity contribution in [2.75, 3.05) is 7.11 Å². The van der Waals surface area contributed by atoms with E-state index in [0.29, 0.717) is 25.0 Å². The summed E-state index contributed by atoms with van der Waals surface area (Å²) in [6, 6.07) is 5.49. The molecule has 0 saturated carbocycles. The van der Waals surface area contributed by atoms with Crippen LogP contribution in [0.5, 0.6) is 0 Å². The van der Waals surface area contributed by atoms with Crippen molar-refractivity contribution >= 4 is 12.0 Å². The van der Waals surface area contributed by atoms with E-state index < -0.39 is 12.2 Å². The topological polar surface area (TPSA) is 79.7 Å². The van der Waals surface area contributed by atoms with Crippen LogP contribution in [0.1, 0.15) is 88.6 Å². The first-order valence-corrected chi connectivity index (χ1v) is 10.8. The molecule has 0 aliphatic carbocycles. The number of unbranched alkanes of at least 4 members (excludes halogenated alkanes) is 5. The maximum absolute atomic E-state index is 11.1. The molecule has 0 fully saturated rings. The van der Waals surface area contributed by atoms with E-state index in [1.54, 1.807) is 12.1 Å². The van der Waals surface area contributed by atoms with Crippen LogP contribution in [0.25, 0.3) is 6.08 Å². The van der Waals surface area contributed by atoms with E-state index in [0.717, 1.165) is 18.5 Å². The minimum atomic E-state index is -0.706. The van der Waals surface area contributed by atoms with Crippen LogP contribution in [0.4, 0.5) is 0 Å². The monoisotopic (exact) mass is 403 g/mol. The number of methoxy groups -OCH3 is 1. The summed E-state index contributed by atoms with van der Waals surface area (Å²) in [5.41, 5.74) is 1.33. The Morgan fingerprint density at radius 2 is 1.83 bits per heavy atom. The van der Waals surface area contributed by atoms with E-state index in [-0.39, 0.29) is 5.97 Å². The van der Waals surface area contributed by atoms with E-state index in [1.165, 1.54) is 39.2 Å². The Morgan fingerprint density at radius 3 is 2.59 bits per heavy atom. The van der Waals surface area contributed by atoms with Crippen LogP contribution in [0.15, 0.2) is 36.4 Å². The second kappa shape index (κ2) is 15.9. The molecule has 0 bridgehead atoms. The number of pyridine rings is 1. The summed E-state index contributed by atoms with van der Waals surface area (Å²) < 4.78 is 4.60. The molecule has 2 atom stereocenters. The number of aliphatic hydroxyl groups is 2. The summed E-state index contributed by atoms with van der Waals surface area (Å²) in [6.07, 6.45) is 15.6. The van der Waals surface area contributed by atoms with Gasteiger partial charge in [0, 0.05) is 6.42 Å². The number of ether oxygens (including phenoxy) is 1. The molecule has 0 aliphatic heterocycles. The Labute approximate surface area is 175 Å². The number of carbonyl (C=O) groups excluding carboxylic acids is 1. The van der Waals surface area contributed by atoms with Gasteiger partial charge in [0.15, 0.2) is 0 Å². The molecule has 0 aromatic carbocycles. The van der Waals surface area contributed by atoms with E-state index in [9.17, 15) is 15.0 Å². The van der Waals surface area contributed by atoms with Gasteiger partial charge in [-0.2, -0.15) is 0 Å². The SMILES string of the molecule is CCCCCCCCC(O)/C=C/C=C/c1cccc(C(O)CCCC(=O)OC)n1. The van der Waals surface area contributed by atoms with Gasteiger partial charge in [-0.15, -0.1) is 0 Å². The van der Waals surface area contributed by atoms with Crippen LogP contribution in [-0.2, 0) is 9.53 Å². The van der Waals surface area contributed by atoms with Crippen molar-refractivity contribution in [2.45, 2.75) is 83.3 Å². The Kier molecular flexibility index (Phi) is 13.7. The molecule has 0 radical (unpaired) electrons. The van der Waals surface area contributed by atoms with Crippen molar-refractivity contribution in [2.24, 2.45) is 0 Å². The zero-order valence-corrected chi connectivity index (χ0v) is 17.9. The lowest BCUT2D eigenvalue weighted by atomic mass is 10.1. The van der Waals surface area contributed by atoms with Crippen LogP contribution in [0.2, 0.25) is 0 Å². The van der Waals surface area contributed by atoms with Crippen molar-refractivity contribution in [1.82, 2.24) is 4.98 Å². The maximum Gasteiger partial charge on any atom is 0.305 e. The number of esters is 1. The van der Waals surface area contributed by atoms with E-state index >= 15 is 0 Å². The Bertz CT molecular complexity index is 627. The van der Waals surface area contributed by atoms with Gasteiger partial charge in [0.2, 0.25) is 0 Å². The third kappa shape index (κ3) is 12.2. The summed E-state index contributed by atoms with van der Waals surface area (Å²) in [7, 11) is 1.36. The summed E-state index contributed by atoms with van der Waals surface area (Å²) in [4.78, 5) is 15.6. The van der Waals surface area contributed by atoms with Crippen LogP contribution in [0, 0.1) is 0 Å². The molecule has 5 nitrogen and oxygen atoms in total. The van der Waals surface area contributed by atoms with Crippen molar-refractivity contribution in [3.8, 4) is 0 Å². The van der Waals surface area contributed by atoms with Gasteiger partial charge in [0.05, 0.1) is 30.7 Å². The van der Waals surface area contributed by atoms with Gasteiger partial charge in [-0.1, -0.05) is 69.7 Å². The number of rotatable bonds is 15. The van der Waals surface area contributed by atoms with Crippen LogP contribution in [0.3, 0.4) is 0 Å². The van der Waals surface area contributed by atoms with Crippen molar-refractivity contribution < 1.29 is 19.7 Å². The minimum absolute atomic E-state index is 0.271. The molecule has 29 heavy (non-hydrogen) atoms. The highest BCUT2D eigenvalue weighted by atomic mass is 16.5. The smallest absolute Gasteiger partial charge is 0.305 e. The molecular formula is C24H37NO4. The van der Waals surface area contributed by atoms with Crippen molar-refractivity contribution in [3.63, 3.8) is 0 Å². The second-order valence-corrected chi connectivity index (χ2v) is 7.34. The largest absolute Gasteiger partial charge is 0.469 e. The quantitative estimate of drug-likeness (QED) is 0.241. The van der Waals surface area contributed by atoms with Gasteiger partial charge in [-0.25, -0.2) is 0 Å². The van der Waals surface area contributed by atoms with Gasteiger partial charge < -0.3 is 14.9 Å². The van der Waals surface area contributed by atoms with Crippen molar-refractivity contribution in [3.05, 3.63) is 47.8 Å². The Balaban J connectivity index is 2.37. The first-order chi connectivity index (χ1) is 14.1. The number of hydrogen-bond donors (Lipinski definition) is 2.